The molecule has 4 aromatic carbocycles. The molecule has 2 saturated heterocycles. The van der Waals surface area contributed by atoms with Crippen molar-refractivity contribution in [3.8, 4) is 11.1 Å². The quantitative estimate of drug-likeness (QED) is 0.149. The number of aromatic amines is 2. The monoisotopic (exact) mass is 681 g/mol. The van der Waals surface area contributed by atoms with E-state index < -0.39 is 12.1 Å². The van der Waals surface area contributed by atoms with E-state index in [4.69, 9.17) is 9.72 Å². The normalized spacial score (nSPS) is 19.6. The van der Waals surface area contributed by atoms with E-state index in [2.05, 4.69) is 110 Å². The Labute approximate surface area is 297 Å². The van der Waals surface area contributed by atoms with Gasteiger partial charge in [0.15, 0.2) is 0 Å². The molecule has 3 N–H and O–H groups in total. The number of methoxy groups -OCH3 is 1. The first kappa shape index (κ1) is 32.6. The van der Waals surface area contributed by atoms with Gasteiger partial charge < -0.3 is 29.8 Å². The Hall–Kier alpha value is -5.64. The zero-order valence-corrected chi connectivity index (χ0v) is 29.2. The van der Waals surface area contributed by atoms with Crippen molar-refractivity contribution in [2.45, 2.75) is 63.7 Å². The van der Waals surface area contributed by atoms with Crippen molar-refractivity contribution in [3.05, 3.63) is 114 Å². The molecule has 2 amide bonds. The molecule has 8 rings (SSSR count). The fourth-order valence-corrected chi connectivity index (χ4v) is 8.05. The summed E-state index contributed by atoms with van der Waals surface area (Å²) in [5, 5.41) is 2.74. The minimum Gasteiger partial charge on any atom is -0.453 e. The number of fused-ring (bicyclic) bond motifs is 2. The zero-order chi connectivity index (χ0) is 35.1. The predicted molar refractivity (Wildman–Crippen MR) is 199 cm³/mol. The Balaban J connectivity index is 1.11. The summed E-state index contributed by atoms with van der Waals surface area (Å²) in [6.45, 7) is 4.47. The molecule has 2 aliphatic rings. The molecule has 51 heavy (non-hydrogen) atoms. The van der Waals surface area contributed by atoms with Gasteiger partial charge in [-0.25, -0.2) is 14.8 Å². The highest BCUT2D eigenvalue weighted by Gasteiger charge is 2.39. The number of nitrogens with zero attached hydrogens (tertiary/aromatic N) is 4. The number of amides is 2. The summed E-state index contributed by atoms with van der Waals surface area (Å²) in [5.41, 5.74) is 9.89. The van der Waals surface area contributed by atoms with Crippen molar-refractivity contribution in [1.82, 2.24) is 30.2 Å². The maximum atomic E-state index is 13.7. The zero-order valence-electron chi connectivity index (χ0n) is 29.2. The lowest BCUT2D eigenvalue weighted by atomic mass is 10.0. The van der Waals surface area contributed by atoms with E-state index in [-0.39, 0.29) is 30.0 Å². The number of aromatic nitrogens is 4. The Morgan fingerprint density at radius 1 is 0.824 bits per heavy atom. The summed E-state index contributed by atoms with van der Waals surface area (Å²) in [7, 11) is 1.31. The number of carbonyl (C=O) groups excluding carboxylic acids is 2. The van der Waals surface area contributed by atoms with Gasteiger partial charge in [0.25, 0.3) is 0 Å². The molecule has 2 fully saturated rings. The van der Waals surface area contributed by atoms with Crippen LogP contribution in [0, 0.1) is 5.92 Å². The van der Waals surface area contributed by atoms with E-state index in [0.29, 0.717) is 6.54 Å². The van der Waals surface area contributed by atoms with E-state index in [0.717, 1.165) is 53.6 Å². The molecular formula is C41H43N7O3. The van der Waals surface area contributed by atoms with Crippen LogP contribution >= 0.6 is 0 Å². The second-order valence-electron chi connectivity index (χ2n) is 14.1. The largest absolute Gasteiger partial charge is 0.453 e. The third-order valence-electron chi connectivity index (χ3n) is 10.6. The molecule has 0 aliphatic carbocycles. The molecule has 6 aromatic rings. The van der Waals surface area contributed by atoms with Gasteiger partial charge in [-0.05, 0) is 90.3 Å². The maximum Gasteiger partial charge on any atom is 0.407 e. The summed E-state index contributed by atoms with van der Waals surface area (Å²) in [4.78, 5) is 46.6. The smallest absolute Gasteiger partial charge is 0.407 e. The molecule has 2 aliphatic heterocycles. The molecule has 0 radical (unpaired) electrons. The maximum absolute atomic E-state index is 13.7. The SMILES string of the molecule is COC(=O)NC(C(=O)N1CCC[C@H]1c1nc2ccc([C@H]3CC[C@H](c4ccc5nc[nH]c5c4)N3c3ccc(-c4ccccc4)cc3)cc2[nH]1)C(C)C. The standard InChI is InChI=1S/C41H43N7O3/c1-25(2)38(46-41(50)51-3)40(49)47-21-7-10-37(47)39-44-32-18-14-29(23-34(32)45-39)36-20-19-35(28-13-17-31-33(22-28)43-24-42-31)48(36)30-15-11-27(12-16-30)26-8-5-4-6-9-26/h4-6,8-9,11-18,22-25,35-38H,7,10,19-21H2,1-3H3,(H,42,43)(H,44,45)(H,46,50)/t35-,36-,37+,38?/m1/s1. The lowest BCUT2D eigenvalue weighted by Crippen LogP contribution is -2.51. The summed E-state index contributed by atoms with van der Waals surface area (Å²) in [6.07, 6.45) is 4.82. The van der Waals surface area contributed by atoms with Crippen LogP contribution in [0.3, 0.4) is 0 Å². The molecule has 0 bridgehead atoms. The number of likely N-dealkylation sites (tertiary alicyclic amines) is 1. The molecule has 4 atom stereocenters. The lowest BCUT2D eigenvalue weighted by molar-refractivity contribution is -0.135. The topological polar surface area (TPSA) is 119 Å². The van der Waals surface area contributed by atoms with Gasteiger partial charge in [0.1, 0.15) is 11.9 Å². The van der Waals surface area contributed by atoms with Crippen molar-refractivity contribution >= 4 is 39.8 Å². The molecule has 10 heteroatoms. The summed E-state index contributed by atoms with van der Waals surface area (Å²) >= 11 is 0. The number of anilines is 1. The molecule has 260 valence electrons. The number of hydrogen-bond acceptors (Lipinski definition) is 6. The average molecular weight is 682 g/mol. The minimum atomic E-state index is -0.675. The summed E-state index contributed by atoms with van der Waals surface area (Å²) in [6, 6.07) is 32.0. The van der Waals surface area contributed by atoms with E-state index >= 15 is 0 Å². The Kier molecular flexibility index (Phi) is 8.67. The van der Waals surface area contributed by atoms with Gasteiger partial charge in [0, 0.05) is 12.2 Å². The van der Waals surface area contributed by atoms with Gasteiger partial charge in [-0.1, -0.05) is 68.4 Å². The number of alkyl carbamates (subject to hydrolysis) is 1. The second-order valence-corrected chi connectivity index (χ2v) is 14.1. The van der Waals surface area contributed by atoms with E-state index in [1.807, 2.05) is 24.8 Å². The molecular weight excluding hydrogens is 638 g/mol. The number of H-pyrrole nitrogens is 2. The molecule has 1 unspecified atom stereocenters. The second kappa shape index (κ2) is 13.6. The first-order valence-corrected chi connectivity index (χ1v) is 17.9. The van der Waals surface area contributed by atoms with Crippen LogP contribution in [-0.4, -0.2) is 56.5 Å². The van der Waals surface area contributed by atoms with E-state index in [1.54, 1.807) is 6.33 Å². The van der Waals surface area contributed by atoms with Crippen LogP contribution in [0.1, 0.15) is 74.6 Å². The first-order valence-electron chi connectivity index (χ1n) is 17.9. The highest BCUT2D eigenvalue weighted by molar-refractivity contribution is 5.86. The number of hydrogen-bond donors (Lipinski definition) is 3. The first-order chi connectivity index (χ1) is 24.9. The number of benzene rings is 4. The Morgan fingerprint density at radius 3 is 2.22 bits per heavy atom. The highest BCUT2D eigenvalue weighted by atomic mass is 16.5. The predicted octanol–water partition coefficient (Wildman–Crippen LogP) is 8.23. The van der Waals surface area contributed by atoms with Crippen molar-refractivity contribution in [1.29, 1.82) is 0 Å². The van der Waals surface area contributed by atoms with Crippen molar-refractivity contribution in [2.24, 2.45) is 5.92 Å². The van der Waals surface area contributed by atoms with Crippen LogP contribution < -0.4 is 10.2 Å². The molecule has 2 aromatic heterocycles. The number of ether oxygens (including phenoxy) is 1. The minimum absolute atomic E-state index is 0.0924. The van der Waals surface area contributed by atoms with Crippen molar-refractivity contribution < 1.29 is 14.3 Å². The van der Waals surface area contributed by atoms with E-state index in [1.165, 1.54) is 35.1 Å². The molecule has 0 spiro atoms. The Bertz CT molecular complexity index is 2170. The van der Waals surface area contributed by atoms with Gasteiger partial charge in [0.2, 0.25) is 5.91 Å². The van der Waals surface area contributed by atoms with Crippen LogP contribution in [0.15, 0.2) is 97.3 Å². The van der Waals surface area contributed by atoms with Crippen LogP contribution in [0.25, 0.3) is 33.2 Å². The third kappa shape index (κ3) is 6.19. The number of nitrogens with one attached hydrogen (secondary N) is 3. The number of carbonyl (C=O) groups is 2. The average Bonchev–Trinajstić information content (AvgIpc) is 3.98. The fraction of sp³-hybridized carbons (Fsp3) is 0.317. The Morgan fingerprint density at radius 2 is 1.51 bits per heavy atom. The van der Waals surface area contributed by atoms with Crippen molar-refractivity contribution in [3.63, 3.8) is 0 Å². The molecule has 0 saturated carbocycles. The molecule has 10 nitrogen and oxygen atoms in total. The highest BCUT2D eigenvalue weighted by Crippen LogP contribution is 2.48. The van der Waals surface area contributed by atoms with E-state index in [9.17, 15) is 9.59 Å². The van der Waals surface area contributed by atoms with Crippen LogP contribution in [-0.2, 0) is 9.53 Å². The summed E-state index contributed by atoms with van der Waals surface area (Å²) < 4.78 is 4.81. The van der Waals surface area contributed by atoms with Gasteiger partial charge in [-0.15, -0.1) is 0 Å². The number of rotatable bonds is 8. The third-order valence-corrected chi connectivity index (χ3v) is 10.6. The van der Waals surface area contributed by atoms with Gasteiger partial charge in [0.05, 0.1) is 53.6 Å². The van der Waals surface area contributed by atoms with Crippen LogP contribution in [0.4, 0.5) is 10.5 Å². The van der Waals surface area contributed by atoms with Crippen LogP contribution in [0.5, 0.6) is 0 Å². The van der Waals surface area contributed by atoms with Gasteiger partial charge in [-0.2, -0.15) is 0 Å². The lowest BCUT2D eigenvalue weighted by Gasteiger charge is -2.33. The number of imidazole rings is 2. The van der Waals surface area contributed by atoms with Crippen LogP contribution in [0.2, 0.25) is 0 Å². The summed E-state index contributed by atoms with van der Waals surface area (Å²) in [5.74, 6) is 0.572. The van der Waals surface area contributed by atoms with Gasteiger partial charge >= 0.3 is 6.09 Å². The molecule has 4 heterocycles. The van der Waals surface area contributed by atoms with Crippen molar-refractivity contribution in [2.75, 3.05) is 18.6 Å². The fourth-order valence-electron chi connectivity index (χ4n) is 8.05. The van der Waals surface area contributed by atoms with Gasteiger partial charge in [-0.3, -0.25) is 4.79 Å².